The highest BCUT2D eigenvalue weighted by Gasteiger charge is 2.08. The van der Waals surface area contributed by atoms with Crippen LogP contribution in [0.1, 0.15) is 38.2 Å². The predicted molar refractivity (Wildman–Crippen MR) is 122 cm³/mol. The summed E-state index contributed by atoms with van der Waals surface area (Å²) in [5.74, 6) is 0.242. The number of thiocarbonyl (C=S) groups is 1. The Morgan fingerprint density at radius 2 is 1.70 bits per heavy atom. The van der Waals surface area contributed by atoms with Gasteiger partial charge in [0.1, 0.15) is 5.75 Å². The van der Waals surface area contributed by atoms with Gasteiger partial charge in [-0.2, -0.15) is 0 Å². The maximum atomic E-state index is 12.0. The molecule has 0 unspecified atom stereocenters. The first-order valence-electron chi connectivity index (χ1n) is 10.1. The summed E-state index contributed by atoms with van der Waals surface area (Å²) in [6.07, 6.45) is 2.47. The van der Waals surface area contributed by atoms with Crippen LogP contribution in [0.4, 0.5) is 5.69 Å². The molecular formula is C23H28N2O4S. The summed E-state index contributed by atoms with van der Waals surface area (Å²) < 4.78 is 10.6. The zero-order valence-corrected chi connectivity index (χ0v) is 18.0. The van der Waals surface area contributed by atoms with Crippen LogP contribution >= 0.6 is 12.2 Å². The SMILES string of the molecule is CCOc1ccc(NC(=S)NC(=O)CCCC(=O)OCCCc2ccccc2)cc1. The van der Waals surface area contributed by atoms with E-state index in [1.54, 1.807) is 0 Å². The first kappa shape index (κ1) is 23.3. The van der Waals surface area contributed by atoms with E-state index in [1.165, 1.54) is 5.56 Å². The third kappa shape index (κ3) is 9.52. The van der Waals surface area contributed by atoms with Crippen molar-refractivity contribution in [2.24, 2.45) is 0 Å². The molecule has 0 heterocycles. The number of carbonyl (C=O) groups excluding carboxylic acids is 2. The number of hydrogen-bond donors (Lipinski definition) is 2. The molecule has 0 saturated heterocycles. The molecule has 2 aromatic rings. The van der Waals surface area contributed by atoms with Crippen LogP contribution in [-0.4, -0.2) is 30.2 Å². The van der Waals surface area contributed by atoms with Crippen molar-refractivity contribution in [3.63, 3.8) is 0 Å². The van der Waals surface area contributed by atoms with Crippen LogP contribution in [0.25, 0.3) is 0 Å². The second-order valence-corrected chi connectivity index (χ2v) is 7.03. The molecule has 0 aliphatic heterocycles. The Kier molecular flexibility index (Phi) is 10.4. The fraction of sp³-hybridized carbons (Fsp3) is 0.348. The molecule has 0 radical (unpaired) electrons. The Morgan fingerprint density at radius 3 is 2.40 bits per heavy atom. The lowest BCUT2D eigenvalue weighted by Crippen LogP contribution is -2.34. The monoisotopic (exact) mass is 428 g/mol. The van der Waals surface area contributed by atoms with Gasteiger partial charge in [-0.25, -0.2) is 0 Å². The Hall–Kier alpha value is -2.93. The highest BCUT2D eigenvalue weighted by atomic mass is 32.1. The normalized spacial score (nSPS) is 10.2. The van der Waals surface area contributed by atoms with E-state index in [2.05, 4.69) is 22.8 Å². The smallest absolute Gasteiger partial charge is 0.305 e. The van der Waals surface area contributed by atoms with Crippen LogP contribution < -0.4 is 15.4 Å². The third-order valence-electron chi connectivity index (χ3n) is 4.18. The van der Waals surface area contributed by atoms with Crippen LogP contribution in [0, 0.1) is 0 Å². The molecule has 0 aliphatic carbocycles. The molecule has 160 valence electrons. The van der Waals surface area contributed by atoms with Gasteiger partial charge in [-0.3, -0.25) is 9.59 Å². The minimum absolute atomic E-state index is 0.199. The number of carbonyl (C=O) groups is 2. The van der Waals surface area contributed by atoms with E-state index in [0.717, 1.165) is 24.3 Å². The van der Waals surface area contributed by atoms with E-state index < -0.39 is 0 Å². The zero-order chi connectivity index (χ0) is 21.6. The van der Waals surface area contributed by atoms with Crippen LogP contribution in [0.15, 0.2) is 54.6 Å². The lowest BCUT2D eigenvalue weighted by atomic mass is 10.1. The van der Waals surface area contributed by atoms with Gasteiger partial charge in [-0.05, 0) is 68.2 Å². The van der Waals surface area contributed by atoms with E-state index in [-0.39, 0.29) is 29.8 Å². The molecule has 0 spiro atoms. The van der Waals surface area contributed by atoms with Crippen molar-refractivity contribution < 1.29 is 19.1 Å². The summed E-state index contributed by atoms with van der Waals surface area (Å²) in [5.41, 5.74) is 1.97. The molecule has 2 rings (SSSR count). The maximum absolute atomic E-state index is 12.0. The van der Waals surface area contributed by atoms with Gasteiger partial charge >= 0.3 is 5.97 Å². The van der Waals surface area contributed by atoms with Crippen molar-refractivity contribution in [1.29, 1.82) is 0 Å². The van der Waals surface area contributed by atoms with Gasteiger partial charge in [-0.1, -0.05) is 30.3 Å². The van der Waals surface area contributed by atoms with Gasteiger partial charge < -0.3 is 20.1 Å². The molecule has 30 heavy (non-hydrogen) atoms. The average molecular weight is 429 g/mol. The van der Waals surface area contributed by atoms with Crippen molar-refractivity contribution in [3.8, 4) is 5.75 Å². The van der Waals surface area contributed by atoms with E-state index in [9.17, 15) is 9.59 Å². The number of benzene rings is 2. The number of esters is 1. The fourth-order valence-corrected chi connectivity index (χ4v) is 2.96. The van der Waals surface area contributed by atoms with Crippen LogP contribution in [-0.2, 0) is 20.7 Å². The molecule has 6 nitrogen and oxygen atoms in total. The van der Waals surface area contributed by atoms with Gasteiger partial charge in [0.25, 0.3) is 0 Å². The van der Waals surface area contributed by atoms with Gasteiger partial charge in [0, 0.05) is 18.5 Å². The van der Waals surface area contributed by atoms with Crippen molar-refractivity contribution in [1.82, 2.24) is 5.32 Å². The summed E-state index contributed by atoms with van der Waals surface area (Å²) in [6, 6.07) is 17.3. The van der Waals surface area contributed by atoms with Crippen molar-refractivity contribution in [2.45, 2.75) is 39.0 Å². The summed E-state index contributed by atoms with van der Waals surface area (Å²) in [4.78, 5) is 23.7. The highest BCUT2D eigenvalue weighted by Crippen LogP contribution is 2.15. The topological polar surface area (TPSA) is 76.7 Å². The third-order valence-corrected chi connectivity index (χ3v) is 4.38. The second kappa shape index (κ2) is 13.3. The first-order chi connectivity index (χ1) is 14.6. The maximum Gasteiger partial charge on any atom is 0.305 e. The van der Waals surface area contributed by atoms with Crippen molar-refractivity contribution in [3.05, 3.63) is 60.2 Å². The molecule has 0 atom stereocenters. The molecule has 0 saturated carbocycles. The molecule has 0 fully saturated rings. The fourth-order valence-electron chi connectivity index (χ4n) is 2.73. The molecule has 2 N–H and O–H groups in total. The van der Waals surface area contributed by atoms with E-state index in [0.29, 0.717) is 19.6 Å². The number of nitrogens with one attached hydrogen (secondary N) is 2. The Balaban J connectivity index is 1.55. The Labute approximate surface area is 183 Å². The van der Waals surface area contributed by atoms with Gasteiger partial charge in [0.2, 0.25) is 5.91 Å². The predicted octanol–water partition coefficient (Wildman–Crippen LogP) is 4.24. The Bertz CT molecular complexity index is 810. The van der Waals surface area contributed by atoms with Crippen LogP contribution in [0.3, 0.4) is 0 Å². The summed E-state index contributed by atoms with van der Waals surface area (Å²) in [6.45, 7) is 2.90. The number of amides is 1. The van der Waals surface area contributed by atoms with Crippen LogP contribution in [0.2, 0.25) is 0 Å². The Morgan fingerprint density at radius 1 is 0.967 bits per heavy atom. The second-order valence-electron chi connectivity index (χ2n) is 6.62. The number of hydrogen-bond acceptors (Lipinski definition) is 5. The minimum Gasteiger partial charge on any atom is -0.494 e. The summed E-state index contributed by atoms with van der Waals surface area (Å²) >= 11 is 5.14. The number of anilines is 1. The first-order valence-corrected chi connectivity index (χ1v) is 10.5. The van der Waals surface area contributed by atoms with E-state index in [4.69, 9.17) is 21.7 Å². The van der Waals surface area contributed by atoms with Crippen molar-refractivity contribution >= 4 is 34.9 Å². The quantitative estimate of drug-likeness (QED) is 0.317. The molecular weight excluding hydrogens is 400 g/mol. The van der Waals surface area contributed by atoms with E-state index in [1.807, 2.05) is 49.4 Å². The molecule has 0 bridgehead atoms. The largest absolute Gasteiger partial charge is 0.494 e. The highest BCUT2D eigenvalue weighted by molar-refractivity contribution is 7.80. The van der Waals surface area contributed by atoms with Gasteiger partial charge in [0.15, 0.2) is 5.11 Å². The van der Waals surface area contributed by atoms with Crippen molar-refractivity contribution in [2.75, 3.05) is 18.5 Å². The van der Waals surface area contributed by atoms with E-state index >= 15 is 0 Å². The zero-order valence-electron chi connectivity index (χ0n) is 17.2. The lowest BCUT2D eigenvalue weighted by molar-refractivity contribution is -0.143. The van der Waals surface area contributed by atoms with Gasteiger partial charge in [-0.15, -0.1) is 0 Å². The average Bonchev–Trinajstić information content (AvgIpc) is 2.73. The number of ether oxygens (including phenoxy) is 2. The molecule has 1 amide bonds. The molecule has 2 aromatic carbocycles. The minimum atomic E-state index is -0.286. The van der Waals surface area contributed by atoms with Crippen LogP contribution in [0.5, 0.6) is 5.75 Å². The summed E-state index contributed by atoms with van der Waals surface area (Å²) in [7, 11) is 0. The summed E-state index contributed by atoms with van der Waals surface area (Å²) in [5, 5.41) is 5.77. The molecule has 0 aliphatic rings. The number of rotatable bonds is 11. The van der Waals surface area contributed by atoms with Gasteiger partial charge in [0.05, 0.1) is 13.2 Å². The standard InChI is InChI=1S/C23H28N2O4S/c1-2-28-20-15-13-19(14-16-20)24-23(30)25-21(26)11-6-12-22(27)29-17-7-10-18-8-4-3-5-9-18/h3-5,8-9,13-16H,2,6-7,10-12,17H2,1H3,(H2,24,25,26,30). The molecule has 7 heteroatoms. The number of aryl methyl sites for hydroxylation is 1. The molecule has 0 aromatic heterocycles. The lowest BCUT2D eigenvalue weighted by Gasteiger charge is -2.10.